The number of carbonyl (C=O) groups excluding carboxylic acids is 2. The maximum absolute atomic E-state index is 12.8. The summed E-state index contributed by atoms with van der Waals surface area (Å²) in [6.07, 6.45) is 2.00. The van der Waals surface area contributed by atoms with E-state index in [1.165, 1.54) is 0 Å². The zero-order chi connectivity index (χ0) is 19.7. The van der Waals surface area contributed by atoms with Crippen LogP contribution in [0.3, 0.4) is 0 Å². The molecule has 7 nitrogen and oxygen atoms in total. The first-order valence-corrected chi connectivity index (χ1v) is 9.23. The summed E-state index contributed by atoms with van der Waals surface area (Å²) < 4.78 is 1.63. The number of benzene rings is 2. The average Bonchev–Trinajstić information content (AvgIpc) is 3.40. The molecule has 2 aromatic carbocycles. The smallest absolute Gasteiger partial charge is 0.278 e. The first-order valence-electron chi connectivity index (χ1n) is 9.23. The minimum atomic E-state index is -0.400. The zero-order valence-corrected chi connectivity index (χ0v) is 15.8. The van der Waals surface area contributed by atoms with Crippen molar-refractivity contribution in [2.24, 2.45) is 0 Å². The molecule has 2 amide bonds. The molecular weight excluding hydrogens is 354 g/mol. The van der Waals surface area contributed by atoms with E-state index in [0.717, 1.165) is 24.1 Å². The number of amides is 2. The highest BCUT2D eigenvalue weighted by Crippen LogP contribution is 2.22. The molecule has 3 aromatic rings. The number of rotatable bonds is 5. The van der Waals surface area contributed by atoms with Gasteiger partial charge in [0.1, 0.15) is 0 Å². The molecule has 0 atom stereocenters. The molecular formula is C21H21N5O2. The van der Waals surface area contributed by atoms with Gasteiger partial charge < -0.3 is 10.6 Å². The van der Waals surface area contributed by atoms with Crippen LogP contribution in [0.5, 0.6) is 0 Å². The van der Waals surface area contributed by atoms with E-state index in [2.05, 4.69) is 20.9 Å². The molecule has 1 saturated carbocycles. The minimum absolute atomic E-state index is 0.182. The predicted molar refractivity (Wildman–Crippen MR) is 106 cm³/mol. The van der Waals surface area contributed by atoms with Crippen molar-refractivity contribution in [2.45, 2.75) is 32.7 Å². The Morgan fingerprint density at radius 2 is 1.82 bits per heavy atom. The number of aromatic nitrogens is 3. The molecule has 1 fully saturated rings. The number of aryl methyl sites for hydroxylation is 1. The van der Waals surface area contributed by atoms with Crippen molar-refractivity contribution in [2.75, 3.05) is 5.32 Å². The summed E-state index contributed by atoms with van der Waals surface area (Å²) in [6.45, 7) is 3.79. The Hall–Kier alpha value is -3.48. The quantitative estimate of drug-likeness (QED) is 0.717. The van der Waals surface area contributed by atoms with Gasteiger partial charge in [-0.25, -0.2) is 4.68 Å². The Balaban J connectivity index is 1.57. The Kier molecular flexibility index (Phi) is 4.65. The molecule has 28 heavy (non-hydrogen) atoms. The summed E-state index contributed by atoms with van der Waals surface area (Å²) in [5.74, 6) is -0.582. The maximum atomic E-state index is 12.8. The number of carbonyl (C=O) groups is 2. The van der Waals surface area contributed by atoms with E-state index in [4.69, 9.17) is 0 Å². The van der Waals surface area contributed by atoms with Crippen molar-refractivity contribution in [1.82, 2.24) is 20.3 Å². The van der Waals surface area contributed by atoms with E-state index in [1.54, 1.807) is 35.9 Å². The summed E-state index contributed by atoms with van der Waals surface area (Å²) >= 11 is 0. The van der Waals surface area contributed by atoms with Crippen LogP contribution < -0.4 is 10.6 Å². The van der Waals surface area contributed by atoms with Crippen LogP contribution in [0.2, 0.25) is 0 Å². The Morgan fingerprint density at radius 3 is 2.57 bits per heavy atom. The van der Waals surface area contributed by atoms with Gasteiger partial charge >= 0.3 is 0 Å². The third-order valence-corrected chi connectivity index (χ3v) is 4.69. The van der Waals surface area contributed by atoms with Gasteiger partial charge in [0.05, 0.1) is 22.6 Å². The van der Waals surface area contributed by atoms with E-state index in [-0.39, 0.29) is 17.6 Å². The maximum Gasteiger partial charge on any atom is 0.278 e. The van der Waals surface area contributed by atoms with Gasteiger partial charge in [-0.3, -0.25) is 9.59 Å². The van der Waals surface area contributed by atoms with Gasteiger partial charge in [0.15, 0.2) is 5.69 Å². The van der Waals surface area contributed by atoms with E-state index >= 15 is 0 Å². The molecule has 0 radical (unpaired) electrons. The third-order valence-electron chi connectivity index (χ3n) is 4.69. The number of nitrogens with zero attached hydrogens (tertiary/aromatic N) is 3. The van der Waals surface area contributed by atoms with Gasteiger partial charge in [0.2, 0.25) is 0 Å². The molecule has 142 valence electrons. The number of nitrogens with one attached hydrogen (secondary N) is 2. The molecule has 0 saturated heterocycles. The fourth-order valence-corrected chi connectivity index (χ4v) is 3.01. The van der Waals surface area contributed by atoms with E-state index in [9.17, 15) is 9.59 Å². The van der Waals surface area contributed by atoms with Gasteiger partial charge in [-0.15, -0.1) is 5.10 Å². The Labute approximate surface area is 162 Å². The summed E-state index contributed by atoms with van der Waals surface area (Å²) in [5, 5.41) is 13.9. The van der Waals surface area contributed by atoms with Crippen molar-refractivity contribution in [3.8, 4) is 5.69 Å². The van der Waals surface area contributed by atoms with E-state index in [0.29, 0.717) is 16.9 Å². The van der Waals surface area contributed by atoms with Crippen LogP contribution in [-0.2, 0) is 0 Å². The van der Waals surface area contributed by atoms with Crippen LogP contribution in [0, 0.1) is 13.8 Å². The average molecular weight is 375 g/mol. The highest BCUT2D eigenvalue weighted by atomic mass is 16.2. The fourth-order valence-electron chi connectivity index (χ4n) is 3.01. The SMILES string of the molecule is Cc1cccc(-n2nnc(C(=O)Nc3ccccc3C(=O)NC3CC3)c2C)c1. The monoisotopic (exact) mass is 375 g/mol. The second-order valence-corrected chi connectivity index (χ2v) is 7.02. The molecule has 0 spiro atoms. The summed E-state index contributed by atoms with van der Waals surface area (Å²) in [6, 6.07) is 15.0. The molecule has 7 heteroatoms. The lowest BCUT2D eigenvalue weighted by atomic mass is 10.1. The highest BCUT2D eigenvalue weighted by molar-refractivity contribution is 6.08. The molecule has 0 aliphatic heterocycles. The summed E-state index contributed by atoms with van der Waals surface area (Å²) in [5.41, 5.74) is 3.67. The van der Waals surface area contributed by atoms with Crippen LogP contribution >= 0.6 is 0 Å². The van der Waals surface area contributed by atoms with Crippen LogP contribution in [0.15, 0.2) is 48.5 Å². The number of hydrogen-bond acceptors (Lipinski definition) is 4. The summed E-state index contributed by atoms with van der Waals surface area (Å²) in [7, 11) is 0. The van der Waals surface area contributed by atoms with Crippen molar-refractivity contribution in [3.05, 3.63) is 71.0 Å². The molecule has 2 N–H and O–H groups in total. The van der Waals surface area contributed by atoms with Crippen molar-refractivity contribution in [3.63, 3.8) is 0 Å². The number of anilines is 1. The topological polar surface area (TPSA) is 88.9 Å². The molecule has 1 aliphatic rings. The molecule has 4 rings (SSSR count). The van der Waals surface area contributed by atoms with Crippen molar-refractivity contribution >= 4 is 17.5 Å². The van der Waals surface area contributed by atoms with Crippen LogP contribution in [0.4, 0.5) is 5.69 Å². The lowest BCUT2D eigenvalue weighted by Crippen LogP contribution is -2.27. The first-order chi connectivity index (χ1) is 13.5. The van der Waals surface area contributed by atoms with Gasteiger partial charge in [-0.2, -0.15) is 0 Å². The largest absolute Gasteiger partial charge is 0.349 e. The van der Waals surface area contributed by atoms with E-state index in [1.807, 2.05) is 31.2 Å². The van der Waals surface area contributed by atoms with Gasteiger partial charge in [-0.05, 0) is 56.5 Å². The Bertz CT molecular complexity index is 1050. The number of para-hydroxylation sites is 1. The lowest BCUT2D eigenvalue weighted by molar-refractivity contribution is 0.0952. The first kappa shape index (κ1) is 17.9. The van der Waals surface area contributed by atoms with Crippen LogP contribution in [0.25, 0.3) is 5.69 Å². The van der Waals surface area contributed by atoms with E-state index < -0.39 is 5.91 Å². The normalized spacial score (nSPS) is 13.2. The Morgan fingerprint density at radius 1 is 1.04 bits per heavy atom. The predicted octanol–water partition coefficient (Wildman–Crippen LogP) is 3.03. The fraction of sp³-hybridized carbons (Fsp3) is 0.238. The van der Waals surface area contributed by atoms with Crippen molar-refractivity contribution < 1.29 is 9.59 Å². The van der Waals surface area contributed by atoms with Crippen LogP contribution in [0.1, 0.15) is 44.9 Å². The number of hydrogen-bond donors (Lipinski definition) is 2. The molecule has 1 heterocycles. The molecule has 1 aliphatic carbocycles. The second-order valence-electron chi connectivity index (χ2n) is 7.02. The second kappa shape index (κ2) is 7.26. The molecule has 0 bridgehead atoms. The lowest BCUT2D eigenvalue weighted by Gasteiger charge is -2.10. The third kappa shape index (κ3) is 3.64. The van der Waals surface area contributed by atoms with Gasteiger partial charge in [-0.1, -0.05) is 29.5 Å². The minimum Gasteiger partial charge on any atom is -0.349 e. The standard InChI is InChI=1S/C21H21N5O2/c1-13-6-5-7-16(12-13)26-14(2)19(24-25-26)21(28)23-18-9-4-3-8-17(18)20(27)22-15-10-11-15/h3-9,12,15H,10-11H2,1-2H3,(H,22,27)(H,23,28). The zero-order valence-electron chi connectivity index (χ0n) is 15.8. The van der Waals surface area contributed by atoms with Crippen molar-refractivity contribution in [1.29, 1.82) is 0 Å². The summed E-state index contributed by atoms with van der Waals surface area (Å²) in [4.78, 5) is 25.2. The highest BCUT2D eigenvalue weighted by Gasteiger charge is 2.25. The molecule has 1 aromatic heterocycles. The van der Waals surface area contributed by atoms with Gasteiger partial charge in [0, 0.05) is 6.04 Å². The van der Waals surface area contributed by atoms with Crippen LogP contribution in [-0.4, -0.2) is 32.9 Å². The molecule has 0 unspecified atom stereocenters. The van der Waals surface area contributed by atoms with Gasteiger partial charge in [0.25, 0.3) is 11.8 Å².